The third-order valence-electron chi connectivity index (χ3n) is 4.73. The first-order valence-corrected chi connectivity index (χ1v) is 10.6. The fraction of sp³-hybridized carbons (Fsp3) is 0.318. The van der Waals surface area contributed by atoms with Gasteiger partial charge in [-0.2, -0.15) is 5.26 Å². The molecular formula is C22H23N3O2S. The zero-order valence-electron chi connectivity index (χ0n) is 15.9. The van der Waals surface area contributed by atoms with Gasteiger partial charge in [-0.3, -0.25) is 4.79 Å². The highest BCUT2D eigenvalue weighted by atomic mass is 32.2. The number of hydrogen-bond acceptors (Lipinski definition) is 6. The van der Waals surface area contributed by atoms with Crippen LogP contribution < -0.4 is 5.32 Å². The molecule has 1 saturated carbocycles. The van der Waals surface area contributed by atoms with E-state index in [-0.39, 0.29) is 11.5 Å². The maximum absolute atomic E-state index is 12.4. The molecule has 0 unspecified atom stereocenters. The van der Waals surface area contributed by atoms with Gasteiger partial charge < -0.3 is 9.84 Å². The summed E-state index contributed by atoms with van der Waals surface area (Å²) in [5, 5.41) is 17.8. The summed E-state index contributed by atoms with van der Waals surface area (Å²) in [6.45, 7) is 0. The number of aromatic nitrogens is 1. The Labute approximate surface area is 169 Å². The molecule has 1 aliphatic rings. The van der Waals surface area contributed by atoms with Crippen LogP contribution in [-0.4, -0.2) is 23.2 Å². The second kappa shape index (κ2) is 9.95. The van der Waals surface area contributed by atoms with E-state index < -0.39 is 0 Å². The summed E-state index contributed by atoms with van der Waals surface area (Å²) in [6.07, 6.45) is 10.8. The number of ketones is 1. The molecule has 6 heteroatoms. The summed E-state index contributed by atoms with van der Waals surface area (Å²) in [7, 11) is 0. The summed E-state index contributed by atoms with van der Waals surface area (Å²) < 4.78 is 5.18. The van der Waals surface area contributed by atoms with Gasteiger partial charge in [0.05, 0.1) is 10.6 Å². The minimum absolute atomic E-state index is 0.151. The van der Waals surface area contributed by atoms with Crippen LogP contribution in [0.25, 0.3) is 11.3 Å². The number of hydrogen-bond donors (Lipinski definition) is 1. The maximum atomic E-state index is 12.4. The van der Waals surface area contributed by atoms with Crippen LogP contribution in [0.5, 0.6) is 0 Å². The first-order chi connectivity index (χ1) is 13.7. The van der Waals surface area contributed by atoms with E-state index in [9.17, 15) is 10.1 Å². The highest BCUT2D eigenvalue weighted by molar-refractivity contribution is 8.02. The Bertz CT molecular complexity index is 903. The average molecular weight is 394 g/mol. The van der Waals surface area contributed by atoms with Crippen molar-refractivity contribution < 1.29 is 9.32 Å². The third kappa shape index (κ3) is 5.14. The first kappa shape index (κ1) is 20.0. The van der Waals surface area contributed by atoms with E-state index in [4.69, 9.17) is 4.52 Å². The number of carbonyl (C=O) groups is 1. The van der Waals surface area contributed by atoms with Crippen LogP contribution in [0.2, 0.25) is 0 Å². The topological polar surface area (TPSA) is 78.9 Å². The van der Waals surface area contributed by atoms with Crippen molar-refractivity contribution in [3.63, 3.8) is 0 Å². The van der Waals surface area contributed by atoms with Crippen molar-refractivity contribution in [3.05, 3.63) is 64.9 Å². The molecule has 3 rings (SSSR count). The monoisotopic (exact) mass is 393 g/mol. The van der Waals surface area contributed by atoms with Gasteiger partial charge in [-0.15, -0.1) is 11.8 Å². The lowest BCUT2D eigenvalue weighted by atomic mass is 9.95. The highest BCUT2D eigenvalue weighted by Gasteiger charge is 2.16. The molecule has 1 aromatic heterocycles. The lowest BCUT2D eigenvalue weighted by molar-refractivity contribution is 0.101. The van der Waals surface area contributed by atoms with Gasteiger partial charge in [0.25, 0.3) is 0 Å². The molecular weight excluding hydrogens is 370 g/mol. The van der Waals surface area contributed by atoms with Crippen molar-refractivity contribution in [2.45, 2.75) is 38.1 Å². The van der Waals surface area contributed by atoms with Crippen LogP contribution in [-0.2, 0) is 0 Å². The lowest BCUT2D eigenvalue weighted by Gasteiger charge is -2.24. The Morgan fingerprint density at radius 3 is 2.68 bits per heavy atom. The summed E-state index contributed by atoms with van der Waals surface area (Å²) in [5.74, 6) is -0.168. The maximum Gasteiger partial charge on any atom is 0.223 e. The van der Waals surface area contributed by atoms with Gasteiger partial charge in [-0.05, 0) is 31.2 Å². The molecule has 0 saturated heterocycles. The second-order valence-electron chi connectivity index (χ2n) is 6.68. The fourth-order valence-corrected chi connectivity index (χ4v) is 3.84. The molecule has 0 radical (unpaired) electrons. The molecule has 0 bridgehead atoms. The van der Waals surface area contributed by atoms with Crippen LogP contribution in [0.3, 0.4) is 0 Å². The van der Waals surface area contributed by atoms with E-state index in [1.54, 1.807) is 12.1 Å². The largest absolute Gasteiger partial charge is 0.376 e. The number of nitriles is 1. The minimum Gasteiger partial charge on any atom is -0.376 e. The highest BCUT2D eigenvalue weighted by Crippen LogP contribution is 2.23. The number of thioether (sulfide) groups is 1. The molecule has 1 N–H and O–H groups in total. The number of nitrogens with zero attached hydrogens (tertiary/aromatic N) is 2. The predicted octanol–water partition coefficient (Wildman–Crippen LogP) is 5.10. The molecule has 0 aliphatic heterocycles. The summed E-state index contributed by atoms with van der Waals surface area (Å²) in [5.41, 5.74) is 1.94. The molecule has 5 nitrogen and oxygen atoms in total. The van der Waals surface area contributed by atoms with Crippen LogP contribution in [0.15, 0.2) is 63.7 Å². The van der Waals surface area contributed by atoms with Gasteiger partial charge in [0.2, 0.25) is 11.5 Å². The van der Waals surface area contributed by atoms with E-state index in [0.717, 1.165) is 23.4 Å². The Morgan fingerprint density at radius 2 is 2.00 bits per heavy atom. The van der Waals surface area contributed by atoms with Gasteiger partial charge in [-0.25, -0.2) is 0 Å². The van der Waals surface area contributed by atoms with E-state index in [1.165, 1.54) is 37.1 Å². The summed E-state index contributed by atoms with van der Waals surface area (Å²) in [4.78, 5) is 12.4. The number of rotatable bonds is 7. The predicted molar refractivity (Wildman–Crippen MR) is 112 cm³/mol. The molecule has 28 heavy (non-hydrogen) atoms. The Morgan fingerprint density at radius 1 is 1.25 bits per heavy atom. The average Bonchev–Trinajstić information content (AvgIpc) is 3.25. The van der Waals surface area contributed by atoms with E-state index in [1.807, 2.05) is 36.6 Å². The zero-order chi connectivity index (χ0) is 19.8. The van der Waals surface area contributed by atoms with Crippen LogP contribution in [0.1, 0.15) is 42.7 Å². The Kier molecular flexibility index (Phi) is 7.10. The molecule has 1 aliphatic carbocycles. The molecule has 144 valence electrons. The normalized spacial score (nSPS) is 15.9. The second-order valence-corrected chi connectivity index (χ2v) is 7.49. The molecule has 1 aromatic carbocycles. The summed E-state index contributed by atoms with van der Waals surface area (Å²) in [6, 6.07) is 13.7. The number of nitrogens with one attached hydrogen (secondary N) is 1. The van der Waals surface area contributed by atoms with E-state index >= 15 is 0 Å². The zero-order valence-corrected chi connectivity index (χ0v) is 16.7. The lowest BCUT2D eigenvalue weighted by Crippen LogP contribution is -2.30. The molecule has 0 spiro atoms. The van der Waals surface area contributed by atoms with Crippen molar-refractivity contribution in [2.75, 3.05) is 6.26 Å². The SMILES string of the molecule is CS/C(NC1CCCCC1)=C(C#N)\C=C\C(=O)c1cc(-c2ccccc2)no1. The fourth-order valence-electron chi connectivity index (χ4n) is 3.22. The van der Waals surface area contributed by atoms with Gasteiger partial charge in [0.15, 0.2) is 0 Å². The van der Waals surface area contributed by atoms with Crippen LogP contribution in [0.4, 0.5) is 0 Å². The first-order valence-electron chi connectivity index (χ1n) is 9.40. The van der Waals surface area contributed by atoms with Crippen LogP contribution in [0, 0.1) is 11.3 Å². The molecule has 0 atom stereocenters. The Balaban J connectivity index is 1.72. The number of carbonyl (C=O) groups excluding carboxylic acids is 1. The molecule has 1 heterocycles. The van der Waals surface area contributed by atoms with Crippen molar-refractivity contribution in [1.29, 1.82) is 5.26 Å². The summed E-state index contributed by atoms with van der Waals surface area (Å²) >= 11 is 1.49. The standard InChI is InChI=1S/C22H23N3O2S/c1-28-22(24-18-10-6-3-7-11-18)17(15-23)12-13-20(26)21-14-19(25-27-21)16-8-4-2-5-9-16/h2,4-5,8-9,12-14,18,24H,3,6-7,10-11H2,1H3/b13-12+,22-17+. The molecule has 2 aromatic rings. The van der Waals surface area contributed by atoms with Gasteiger partial charge >= 0.3 is 0 Å². The number of allylic oxidation sites excluding steroid dienone is 3. The Hall–Kier alpha value is -2.78. The smallest absolute Gasteiger partial charge is 0.223 e. The molecule has 0 amide bonds. The van der Waals surface area contributed by atoms with Crippen LogP contribution >= 0.6 is 11.8 Å². The van der Waals surface area contributed by atoms with Crippen molar-refractivity contribution >= 4 is 17.5 Å². The third-order valence-corrected chi connectivity index (χ3v) is 5.48. The van der Waals surface area contributed by atoms with Gasteiger partial charge in [-0.1, -0.05) is 54.8 Å². The van der Waals surface area contributed by atoms with Crippen molar-refractivity contribution in [1.82, 2.24) is 10.5 Å². The van der Waals surface area contributed by atoms with Crippen molar-refractivity contribution in [3.8, 4) is 17.3 Å². The van der Waals surface area contributed by atoms with Gasteiger partial charge in [0.1, 0.15) is 11.8 Å². The number of benzene rings is 1. The van der Waals surface area contributed by atoms with Gasteiger partial charge in [0, 0.05) is 17.7 Å². The van der Waals surface area contributed by atoms with Crippen molar-refractivity contribution in [2.24, 2.45) is 0 Å². The van der Waals surface area contributed by atoms with E-state index in [0.29, 0.717) is 17.3 Å². The quantitative estimate of drug-likeness (QED) is 0.305. The van der Waals surface area contributed by atoms with E-state index in [2.05, 4.69) is 16.5 Å². The minimum atomic E-state index is -0.319. The molecule has 1 fully saturated rings.